The molecule has 0 bridgehead atoms. The lowest BCUT2D eigenvalue weighted by Gasteiger charge is -2.18. The van der Waals surface area contributed by atoms with Gasteiger partial charge in [0.25, 0.3) is 0 Å². The second-order valence-electron chi connectivity index (χ2n) is 5.77. The van der Waals surface area contributed by atoms with E-state index in [2.05, 4.69) is 10.3 Å². The van der Waals surface area contributed by atoms with Gasteiger partial charge >= 0.3 is 0 Å². The highest BCUT2D eigenvalue weighted by Crippen LogP contribution is 2.22. The lowest BCUT2D eigenvalue weighted by Crippen LogP contribution is -2.29. The van der Waals surface area contributed by atoms with Gasteiger partial charge in [-0.2, -0.15) is 0 Å². The Morgan fingerprint density at radius 2 is 1.88 bits per heavy atom. The molecule has 0 radical (unpaired) electrons. The van der Waals surface area contributed by atoms with Crippen LogP contribution in [-0.2, 0) is 11.8 Å². The SMILES string of the molecule is Cn1ccnc1[C@@H](NC(=O)/C=C/c1ccc(F)cc1)c1ccc(Cl)cc1. The summed E-state index contributed by atoms with van der Waals surface area (Å²) in [4.78, 5) is 16.8. The summed E-state index contributed by atoms with van der Waals surface area (Å²) in [6.07, 6.45) is 6.54. The molecule has 1 aromatic heterocycles. The van der Waals surface area contributed by atoms with Crippen molar-refractivity contribution < 1.29 is 9.18 Å². The first kappa shape index (κ1) is 17.9. The maximum absolute atomic E-state index is 12.9. The molecule has 0 spiro atoms. The van der Waals surface area contributed by atoms with Gasteiger partial charge in [-0.15, -0.1) is 0 Å². The van der Waals surface area contributed by atoms with Crippen molar-refractivity contribution in [2.24, 2.45) is 7.05 Å². The molecule has 3 rings (SSSR count). The lowest BCUT2D eigenvalue weighted by molar-refractivity contribution is -0.117. The van der Waals surface area contributed by atoms with Crippen molar-refractivity contribution in [1.29, 1.82) is 0 Å². The van der Waals surface area contributed by atoms with Crippen LogP contribution in [0.4, 0.5) is 4.39 Å². The fraction of sp³-hybridized carbons (Fsp3) is 0.100. The molecule has 26 heavy (non-hydrogen) atoms. The van der Waals surface area contributed by atoms with Crippen molar-refractivity contribution in [3.05, 3.63) is 94.8 Å². The molecule has 1 amide bonds. The number of carbonyl (C=O) groups is 1. The van der Waals surface area contributed by atoms with Crippen molar-refractivity contribution in [3.8, 4) is 0 Å². The van der Waals surface area contributed by atoms with Gasteiger partial charge in [-0.25, -0.2) is 9.37 Å². The normalized spacial score (nSPS) is 12.3. The molecule has 1 atom stereocenters. The second-order valence-corrected chi connectivity index (χ2v) is 6.21. The van der Waals surface area contributed by atoms with Crippen molar-refractivity contribution in [2.75, 3.05) is 0 Å². The van der Waals surface area contributed by atoms with E-state index in [9.17, 15) is 9.18 Å². The van der Waals surface area contributed by atoms with Gasteiger partial charge in [0.15, 0.2) is 0 Å². The molecule has 0 aliphatic carbocycles. The van der Waals surface area contributed by atoms with E-state index in [0.717, 1.165) is 11.1 Å². The van der Waals surface area contributed by atoms with Gasteiger partial charge in [0.2, 0.25) is 5.91 Å². The molecule has 1 N–H and O–H groups in total. The Morgan fingerprint density at radius 1 is 1.19 bits per heavy atom. The summed E-state index contributed by atoms with van der Waals surface area (Å²) in [5.41, 5.74) is 1.61. The Hall–Kier alpha value is -2.92. The van der Waals surface area contributed by atoms with Crippen LogP contribution in [0.15, 0.2) is 67.0 Å². The number of carbonyl (C=O) groups excluding carboxylic acids is 1. The quantitative estimate of drug-likeness (QED) is 0.687. The third-order valence-electron chi connectivity index (χ3n) is 3.90. The summed E-state index contributed by atoms with van der Waals surface area (Å²) in [6.45, 7) is 0. The number of aromatic nitrogens is 2. The van der Waals surface area contributed by atoms with E-state index >= 15 is 0 Å². The minimum Gasteiger partial charge on any atom is -0.339 e. The zero-order valence-corrected chi connectivity index (χ0v) is 14.8. The topological polar surface area (TPSA) is 46.9 Å². The molecule has 1 heterocycles. The maximum Gasteiger partial charge on any atom is 0.244 e. The van der Waals surface area contributed by atoms with Gasteiger partial charge in [-0.3, -0.25) is 4.79 Å². The molecule has 0 unspecified atom stereocenters. The molecule has 6 heteroatoms. The van der Waals surface area contributed by atoms with Crippen molar-refractivity contribution in [3.63, 3.8) is 0 Å². The number of rotatable bonds is 5. The fourth-order valence-electron chi connectivity index (χ4n) is 2.54. The number of halogens is 2. The van der Waals surface area contributed by atoms with Crippen LogP contribution in [0.1, 0.15) is 23.0 Å². The first-order chi connectivity index (χ1) is 12.5. The van der Waals surface area contributed by atoms with E-state index in [-0.39, 0.29) is 11.7 Å². The number of nitrogens with zero attached hydrogens (tertiary/aromatic N) is 2. The highest BCUT2D eigenvalue weighted by Gasteiger charge is 2.19. The Bertz CT molecular complexity index is 917. The zero-order chi connectivity index (χ0) is 18.5. The Balaban J connectivity index is 1.81. The van der Waals surface area contributed by atoms with Gasteiger partial charge in [0, 0.05) is 30.5 Å². The van der Waals surface area contributed by atoms with Crippen LogP contribution >= 0.6 is 11.6 Å². The van der Waals surface area contributed by atoms with Crippen LogP contribution in [0.25, 0.3) is 6.08 Å². The number of benzene rings is 2. The predicted molar refractivity (Wildman–Crippen MR) is 100 cm³/mol. The Kier molecular flexibility index (Phi) is 5.49. The monoisotopic (exact) mass is 369 g/mol. The van der Waals surface area contributed by atoms with E-state index in [1.165, 1.54) is 18.2 Å². The molecular weight excluding hydrogens is 353 g/mol. The largest absolute Gasteiger partial charge is 0.339 e. The summed E-state index contributed by atoms with van der Waals surface area (Å²) in [5, 5.41) is 3.57. The van der Waals surface area contributed by atoms with Crippen LogP contribution in [0.5, 0.6) is 0 Å². The van der Waals surface area contributed by atoms with Crippen molar-refractivity contribution >= 4 is 23.6 Å². The van der Waals surface area contributed by atoms with Gasteiger partial charge in [-0.1, -0.05) is 35.9 Å². The van der Waals surface area contributed by atoms with Crippen LogP contribution < -0.4 is 5.32 Å². The summed E-state index contributed by atoms with van der Waals surface area (Å²) in [7, 11) is 1.87. The molecule has 0 aliphatic heterocycles. The maximum atomic E-state index is 12.9. The zero-order valence-electron chi connectivity index (χ0n) is 14.1. The number of nitrogens with one attached hydrogen (secondary N) is 1. The van der Waals surface area contributed by atoms with E-state index in [0.29, 0.717) is 10.8 Å². The second kappa shape index (κ2) is 7.97. The van der Waals surface area contributed by atoms with Gasteiger partial charge in [0.05, 0.1) is 0 Å². The Morgan fingerprint density at radius 3 is 2.50 bits per heavy atom. The number of hydrogen-bond acceptors (Lipinski definition) is 2. The number of amides is 1. The Labute approximate surface area is 155 Å². The summed E-state index contributed by atoms with van der Waals surface area (Å²) in [5.74, 6) is 0.109. The van der Waals surface area contributed by atoms with Crippen LogP contribution in [0.3, 0.4) is 0 Å². The molecule has 0 fully saturated rings. The lowest BCUT2D eigenvalue weighted by atomic mass is 10.1. The molecule has 0 aliphatic rings. The van der Waals surface area contributed by atoms with E-state index in [1.807, 2.05) is 29.9 Å². The van der Waals surface area contributed by atoms with Crippen LogP contribution in [0.2, 0.25) is 5.02 Å². The standard InChI is InChI=1S/C20H17ClFN3O/c1-25-13-12-23-20(25)19(15-5-7-16(21)8-6-15)24-18(26)11-4-14-2-9-17(22)10-3-14/h2-13,19H,1H3,(H,24,26)/b11-4+/t19-/m0/s1. The highest BCUT2D eigenvalue weighted by molar-refractivity contribution is 6.30. The van der Waals surface area contributed by atoms with Gasteiger partial charge < -0.3 is 9.88 Å². The minimum atomic E-state index is -0.419. The first-order valence-electron chi connectivity index (χ1n) is 8.00. The third-order valence-corrected chi connectivity index (χ3v) is 4.16. The molecule has 0 saturated heterocycles. The highest BCUT2D eigenvalue weighted by atomic mass is 35.5. The average molecular weight is 370 g/mol. The number of hydrogen-bond donors (Lipinski definition) is 1. The fourth-order valence-corrected chi connectivity index (χ4v) is 2.67. The molecule has 0 saturated carbocycles. The molecule has 3 aromatic rings. The molecule has 132 valence electrons. The average Bonchev–Trinajstić information content (AvgIpc) is 3.06. The molecule has 2 aromatic carbocycles. The third kappa shape index (κ3) is 4.37. The predicted octanol–water partition coefficient (Wildman–Crippen LogP) is 4.13. The number of aryl methyl sites for hydroxylation is 1. The van der Waals surface area contributed by atoms with Crippen molar-refractivity contribution in [2.45, 2.75) is 6.04 Å². The van der Waals surface area contributed by atoms with Gasteiger partial charge in [0.1, 0.15) is 17.7 Å². The number of imidazole rings is 1. The van der Waals surface area contributed by atoms with Crippen LogP contribution in [-0.4, -0.2) is 15.5 Å². The minimum absolute atomic E-state index is 0.280. The van der Waals surface area contributed by atoms with Crippen molar-refractivity contribution in [1.82, 2.24) is 14.9 Å². The van der Waals surface area contributed by atoms with Crippen LogP contribution in [0, 0.1) is 5.82 Å². The molecule has 4 nitrogen and oxygen atoms in total. The van der Waals surface area contributed by atoms with E-state index < -0.39 is 6.04 Å². The first-order valence-corrected chi connectivity index (χ1v) is 8.37. The van der Waals surface area contributed by atoms with Gasteiger partial charge in [-0.05, 0) is 41.5 Å². The summed E-state index contributed by atoms with van der Waals surface area (Å²) in [6, 6.07) is 12.7. The summed E-state index contributed by atoms with van der Waals surface area (Å²) >= 11 is 5.96. The smallest absolute Gasteiger partial charge is 0.244 e. The molecular formula is C20H17ClFN3O. The van der Waals surface area contributed by atoms with E-state index in [4.69, 9.17) is 11.6 Å². The van der Waals surface area contributed by atoms with E-state index in [1.54, 1.807) is 36.5 Å². The summed E-state index contributed by atoms with van der Waals surface area (Å²) < 4.78 is 14.8.